The molecule has 0 saturated carbocycles. The fourth-order valence-electron chi connectivity index (χ4n) is 0.471. The van der Waals surface area contributed by atoms with Gasteiger partial charge in [-0.2, -0.15) is 0 Å². The van der Waals surface area contributed by atoms with E-state index in [2.05, 4.69) is 9.05 Å². The summed E-state index contributed by atoms with van der Waals surface area (Å²) in [6.45, 7) is 3.83. The molecule has 0 aliphatic heterocycles. The maximum absolute atomic E-state index is 10.8. The fourth-order valence-corrected chi connectivity index (χ4v) is 1.22. The Bertz CT molecular complexity index is 178. The largest absolute Gasteiger partial charge is 0.756 e. The van der Waals surface area contributed by atoms with Gasteiger partial charge in [0, 0.05) is 0 Å². The van der Waals surface area contributed by atoms with Crippen LogP contribution in [0.2, 0.25) is 0 Å². The standard InChI is InChI=1S/C7H15O4P/c1-3-5-7-11-12(8,9)10-6-4-2/h3,5H,4,6-7H2,1-2H3,(H,8,9)/p-1/b5-3+. The van der Waals surface area contributed by atoms with Crippen molar-refractivity contribution in [1.29, 1.82) is 0 Å². The first-order chi connectivity index (χ1) is 5.62. The number of hydrogen-bond acceptors (Lipinski definition) is 4. The summed E-state index contributed by atoms with van der Waals surface area (Å²) < 4.78 is 19.7. The third-order valence-electron chi connectivity index (χ3n) is 1.02. The predicted octanol–water partition coefficient (Wildman–Crippen LogP) is 1.47. The van der Waals surface area contributed by atoms with Crippen molar-refractivity contribution >= 4 is 7.82 Å². The lowest BCUT2D eigenvalue weighted by Crippen LogP contribution is -2.08. The molecule has 0 aromatic carbocycles. The molecule has 0 fully saturated rings. The van der Waals surface area contributed by atoms with E-state index in [0.29, 0.717) is 6.42 Å². The van der Waals surface area contributed by atoms with Crippen LogP contribution in [0.1, 0.15) is 20.3 Å². The number of phosphoric acid groups is 1. The van der Waals surface area contributed by atoms with E-state index in [1.807, 2.05) is 6.92 Å². The third kappa shape index (κ3) is 6.55. The summed E-state index contributed by atoms with van der Waals surface area (Å²) >= 11 is 0. The van der Waals surface area contributed by atoms with Gasteiger partial charge in [-0.3, -0.25) is 4.57 Å². The second kappa shape index (κ2) is 6.38. The Morgan fingerprint density at radius 1 is 1.50 bits per heavy atom. The van der Waals surface area contributed by atoms with Gasteiger partial charge in [-0.1, -0.05) is 19.1 Å². The topological polar surface area (TPSA) is 58.6 Å². The van der Waals surface area contributed by atoms with Gasteiger partial charge in [-0.05, 0) is 13.3 Å². The highest BCUT2D eigenvalue weighted by Gasteiger charge is 2.06. The van der Waals surface area contributed by atoms with Gasteiger partial charge < -0.3 is 13.9 Å². The zero-order valence-corrected chi connectivity index (χ0v) is 8.25. The van der Waals surface area contributed by atoms with Crippen LogP contribution in [-0.2, 0) is 13.6 Å². The number of phosphoric ester groups is 1. The molecule has 0 saturated heterocycles. The van der Waals surface area contributed by atoms with E-state index in [0.717, 1.165) is 0 Å². The van der Waals surface area contributed by atoms with Gasteiger partial charge >= 0.3 is 0 Å². The first kappa shape index (κ1) is 11.8. The summed E-state index contributed by atoms with van der Waals surface area (Å²) in [5.74, 6) is 0. The van der Waals surface area contributed by atoms with Crippen LogP contribution in [0, 0.1) is 0 Å². The molecule has 1 unspecified atom stereocenters. The minimum absolute atomic E-state index is 0.0427. The molecule has 0 heterocycles. The highest BCUT2D eigenvalue weighted by molar-refractivity contribution is 7.45. The second-order valence-electron chi connectivity index (χ2n) is 2.15. The van der Waals surface area contributed by atoms with Crippen molar-refractivity contribution in [2.24, 2.45) is 0 Å². The van der Waals surface area contributed by atoms with E-state index >= 15 is 0 Å². The Morgan fingerprint density at radius 3 is 2.67 bits per heavy atom. The molecule has 1 atom stereocenters. The van der Waals surface area contributed by atoms with Crippen LogP contribution in [0.4, 0.5) is 0 Å². The first-order valence-electron chi connectivity index (χ1n) is 3.83. The van der Waals surface area contributed by atoms with Gasteiger partial charge in [0.05, 0.1) is 13.2 Å². The molecular formula is C7H14O4P-. The summed E-state index contributed by atoms with van der Waals surface area (Å²) in [6, 6.07) is 0. The molecule has 0 rings (SSSR count). The van der Waals surface area contributed by atoms with Gasteiger partial charge in [0.1, 0.15) is 0 Å². The highest BCUT2D eigenvalue weighted by atomic mass is 31.2. The predicted molar refractivity (Wildman–Crippen MR) is 44.6 cm³/mol. The molecular weight excluding hydrogens is 179 g/mol. The van der Waals surface area contributed by atoms with E-state index in [-0.39, 0.29) is 13.2 Å². The van der Waals surface area contributed by atoms with Crippen LogP contribution < -0.4 is 4.89 Å². The summed E-state index contributed by atoms with van der Waals surface area (Å²) in [4.78, 5) is 10.8. The maximum Gasteiger partial charge on any atom is 0.268 e. The van der Waals surface area contributed by atoms with Crippen LogP contribution in [0.5, 0.6) is 0 Å². The van der Waals surface area contributed by atoms with Gasteiger partial charge in [-0.15, -0.1) is 0 Å². The molecule has 0 radical (unpaired) electrons. The highest BCUT2D eigenvalue weighted by Crippen LogP contribution is 2.37. The quantitative estimate of drug-likeness (QED) is 0.473. The summed E-state index contributed by atoms with van der Waals surface area (Å²) in [5, 5.41) is 0. The monoisotopic (exact) mass is 193 g/mol. The minimum atomic E-state index is -4.04. The third-order valence-corrected chi connectivity index (χ3v) is 1.98. The van der Waals surface area contributed by atoms with Crippen molar-refractivity contribution in [1.82, 2.24) is 0 Å². The van der Waals surface area contributed by atoms with E-state index in [1.165, 1.54) is 0 Å². The Kier molecular flexibility index (Phi) is 6.30. The molecule has 0 aromatic heterocycles. The molecule has 0 aromatic rings. The Morgan fingerprint density at radius 2 is 2.17 bits per heavy atom. The normalized spacial score (nSPS) is 16.6. The number of allylic oxidation sites excluding steroid dienone is 1. The Balaban J connectivity index is 3.63. The smallest absolute Gasteiger partial charge is 0.268 e. The van der Waals surface area contributed by atoms with Crippen LogP contribution >= 0.6 is 7.82 Å². The van der Waals surface area contributed by atoms with E-state index < -0.39 is 7.82 Å². The van der Waals surface area contributed by atoms with Gasteiger partial charge in [0.2, 0.25) is 0 Å². The summed E-state index contributed by atoms with van der Waals surface area (Å²) in [5.41, 5.74) is 0. The zero-order valence-electron chi connectivity index (χ0n) is 7.36. The van der Waals surface area contributed by atoms with Gasteiger partial charge in [0.25, 0.3) is 7.82 Å². The minimum Gasteiger partial charge on any atom is -0.756 e. The van der Waals surface area contributed by atoms with Crippen molar-refractivity contribution in [3.63, 3.8) is 0 Å². The number of rotatable bonds is 6. The molecule has 72 valence electrons. The van der Waals surface area contributed by atoms with Crippen molar-refractivity contribution in [2.45, 2.75) is 20.3 Å². The van der Waals surface area contributed by atoms with E-state index in [1.54, 1.807) is 19.1 Å². The van der Waals surface area contributed by atoms with Crippen molar-refractivity contribution in [2.75, 3.05) is 13.2 Å². The fraction of sp³-hybridized carbons (Fsp3) is 0.714. The zero-order chi connectivity index (χ0) is 9.45. The average molecular weight is 193 g/mol. The molecule has 4 nitrogen and oxygen atoms in total. The van der Waals surface area contributed by atoms with Gasteiger partial charge in [-0.25, -0.2) is 0 Å². The Labute approximate surface area is 72.8 Å². The second-order valence-corrected chi connectivity index (χ2v) is 3.56. The lowest BCUT2D eigenvalue weighted by atomic mass is 10.5. The van der Waals surface area contributed by atoms with Crippen LogP contribution in [0.25, 0.3) is 0 Å². The summed E-state index contributed by atoms with van der Waals surface area (Å²) in [6.07, 6.45) is 3.96. The molecule has 0 aliphatic carbocycles. The molecule has 0 aliphatic rings. The molecule has 12 heavy (non-hydrogen) atoms. The molecule has 0 N–H and O–H groups in total. The van der Waals surface area contributed by atoms with Crippen molar-refractivity contribution in [3.05, 3.63) is 12.2 Å². The Hall–Kier alpha value is -0.150. The summed E-state index contributed by atoms with van der Waals surface area (Å²) in [7, 11) is -4.04. The first-order valence-corrected chi connectivity index (χ1v) is 5.29. The maximum atomic E-state index is 10.8. The molecule has 0 amide bonds. The average Bonchev–Trinajstić information content (AvgIpc) is 2.01. The molecule has 0 spiro atoms. The lowest BCUT2D eigenvalue weighted by Gasteiger charge is -2.21. The van der Waals surface area contributed by atoms with E-state index in [9.17, 15) is 9.46 Å². The molecule has 5 heteroatoms. The van der Waals surface area contributed by atoms with Crippen molar-refractivity contribution < 1.29 is 18.5 Å². The van der Waals surface area contributed by atoms with Crippen LogP contribution in [0.3, 0.4) is 0 Å². The lowest BCUT2D eigenvalue weighted by molar-refractivity contribution is -0.224. The molecule has 0 bridgehead atoms. The van der Waals surface area contributed by atoms with Crippen molar-refractivity contribution in [3.8, 4) is 0 Å². The number of hydrogen-bond donors (Lipinski definition) is 0. The SMILES string of the molecule is C/C=C/COP(=O)([O-])OCCC. The van der Waals surface area contributed by atoms with Crippen LogP contribution in [-0.4, -0.2) is 13.2 Å². The van der Waals surface area contributed by atoms with Crippen LogP contribution in [0.15, 0.2) is 12.2 Å². The van der Waals surface area contributed by atoms with Gasteiger partial charge in [0.15, 0.2) is 0 Å². The van der Waals surface area contributed by atoms with E-state index in [4.69, 9.17) is 0 Å².